The van der Waals surface area contributed by atoms with Crippen LogP contribution in [0.2, 0.25) is 0 Å². The van der Waals surface area contributed by atoms with E-state index in [1.807, 2.05) is 25.1 Å². The lowest BCUT2D eigenvalue weighted by molar-refractivity contribution is -0.123. The number of nitrogens with one attached hydrogen (secondary N) is 1. The van der Waals surface area contributed by atoms with Crippen molar-refractivity contribution in [2.75, 3.05) is 0 Å². The van der Waals surface area contributed by atoms with E-state index in [1.165, 1.54) is 11.6 Å². The molecule has 1 N–H and O–H groups in total. The van der Waals surface area contributed by atoms with Gasteiger partial charge in [-0.25, -0.2) is 9.18 Å². The van der Waals surface area contributed by atoms with E-state index in [0.29, 0.717) is 12.4 Å². The predicted molar refractivity (Wildman–Crippen MR) is 115 cm³/mol. The summed E-state index contributed by atoms with van der Waals surface area (Å²) in [5.41, 5.74) is 3.42. The van der Waals surface area contributed by atoms with Crippen LogP contribution < -0.4 is 10.1 Å². The Bertz CT molecular complexity index is 1160. The molecule has 5 nitrogen and oxygen atoms in total. The summed E-state index contributed by atoms with van der Waals surface area (Å²) < 4.78 is 19.7. The van der Waals surface area contributed by atoms with E-state index in [4.69, 9.17) is 4.74 Å². The summed E-state index contributed by atoms with van der Waals surface area (Å²) in [5.74, 6) is -0.249. The van der Waals surface area contributed by atoms with E-state index in [2.05, 4.69) is 11.4 Å². The van der Waals surface area contributed by atoms with Crippen LogP contribution in [-0.2, 0) is 17.9 Å². The van der Waals surface area contributed by atoms with Crippen molar-refractivity contribution in [2.45, 2.75) is 20.1 Å². The van der Waals surface area contributed by atoms with E-state index >= 15 is 0 Å². The number of imide groups is 1. The minimum absolute atomic E-state index is 0.125. The molecule has 156 valence electrons. The van der Waals surface area contributed by atoms with Gasteiger partial charge >= 0.3 is 6.03 Å². The molecule has 6 heteroatoms. The average molecular weight is 416 g/mol. The first-order valence-corrected chi connectivity index (χ1v) is 9.86. The van der Waals surface area contributed by atoms with Gasteiger partial charge in [0.25, 0.3) is 5.91 Å². The number of hydrogen-bond donors (Lipinski definition) is 1. The van der Waals surface area contributed by atoms with Crippen molar-refractivity contribution in [3.8, 4) is 5.75 Å². The van der Waals surface area contributed by atoms with Crippen LogP contribution in [0.4, 0.5) is 9.18 Å². The Balaban J connectivity index is 1.42. The number of amides is 3. The van der Waals surface area contributed by atoms with Gasteiger partial charge in [0, 0.05) is 5.56 Å². The summed E-state index contributed by atoms with van der Waals surface area (Å²) >= 11 is 0. The van der Waals surface area contributed by atoms with Gasteiger partial charge in [-0.1, -0.05) is 60.2 Å². The molecule has 0 radical (unpaired) electrons. The molecule has 31 heavy (non-hydrogen) atoms. The standard InChI is InChI=1S/C25H21FN2O3/c1-17-5-4-6-19(13-17)16-31-21-11-9-18(10-12-21)14-23-24(29)28(25(30)27-23)15-20-7-2-3-8-22(20)26/h2-14H,15-16H2,1H3,(H,27,30)/b23-14+. The van der Waals surface area contributed by atoms with Crippen LogP contribution in [0.3, 0.4) is 0 Å². The van der Waals surface area contributed by atoms with Crippen molar-refractivity contribution < 1.29 is 18.7 Å². The molecule has 3 aromatic rings. The Kier molecular flexibility index (Phi) is 5.80. The van der Waals surface area contributed by atoms with Crippen LogP contribution in [0.5, 0.6) is 5.75 Å². The van der Waals surface area contributed by atoms with E-state index < -0.39 is 17.8 Å². The molecule has 0 saturated carbocycles. The van der Waals surface area contributed by atoms with Gasteiger partial charge in [-0.05, 0) is 42.3 Å². The third-order valence-electron chi connectivity index (χ3n) is 4.93. The molecule has 0 bridgehead atoms. The monoisotopic (exact) mass is 416 g/mol. The second-order valence-electron chi connectivity index (χ2n) is 7.32. The number of benzene rings is 3. The lowest BCUT2D eigenvalue weighted by atomic mass is 10.1. The summed E-state index contributed by atoms with van der Waals surface area (Å²) in [5, 5.41) is 2.55. The van der Waals surface area contributed by atoms with Crippen LogP contribution in [0.15, 0.2) is 78.5 Å². The lowest BCUT2D eigenvalue weighted by Gasteiger charge is -2.12. The van der Waals surface area contributed by atoms with Gasteiger partial charge in [0.2, 0.25) is 0 Å². The third kappa shape index (κ3) is 4.80. The molecule has 1 heterocycles. The summed E-state index contributed by atoms with van der Waals surface area (Å²) in [7, 11) is 0. The maximum Gasteiger partial charge on any atom is 0.329 e. The number of ether oxygens (including phenoxy) is 1. The van der Waals surface area contributed by atoms with E-state index in [0.717, 1.165) is 16.0 Å². The predicted octanol–water partition coefficient (Wildman–Crippen LogP) is 4.81. The molecular formula is C25H21FN2O3. The molecule has 1 saturated heterocycles. The minimum atomic E-state index is -0.572. The molecule has 0 aromatic heterocycles. The Hall–Kier alpha value is -3.93. The highest BCUT2D eigenvalue weighted by Crippen LogP contribution is 2.20. The van der Waals surface area contributed by atoms with Crippen molar-refractivity contribution in [2.24, 2.45) is 0 Å². The highest BCUT2D eigenvalue weighted by atomic mass is 19.1. The van der Waals surface area contributed by atoms with E-state index in [-0.39, 0.29) is 17.8 Å². The highest BCUT2D eigenvalue weighted by molar-refractivity contribution is 6.13. The molecule has 1 fully saturated rings. The topological polar surface area (TPSA) is 58.6 Å². The quantitative estimate of drug-likeness (QED) is 0.464. The summed E-state index contributed by atoms with van der Waals surface area (Å²) in [6.07, 6.45) is 1.59. The second-order valence-corrected chi connectivity index (χ2v) is 7.32. The molecule has 3 aromatic carbocycles. The number of halogens is 1. The highest BCUT2D eigenvalue weighted by Gasteiger charge is 2.33. The Morgan fingerprint density at radius 3 is 2.52 bits per heavy atom. The first-order chi connectivity index (χ1) is 15.0. The van der Waals surface area contributed by atoms with E-state index in [9.17, 15) is 14.0 Å². The smallest absolute Gasteiger partial charge is 0.329 e. The number of urea groups is 1. The zero-order chi connectivity index (χ0) is 21.8. The van der Waals surface area contributed by atoms with Crippen molar-refractivity contribution in [1.82, 2.24) is 10.2 Å². The summed E-state index contributed by atoms with van der Waals surface area (Å²) in [6.45, 7) is 2.37. The van der Waals surface area contributed by atoms with Gasteiger partial charge in [0.1, 0.15) is 23.9 Å². The fourth-order valence-corrected chi connectivity index (χ4v) is 3.31. The van der Waals surface area contributed by atoms with Gasteiger partial charge in [-0.2, -0.15) is 0 Å². The SMILES string of the molecule is Cc1cccc(COc2ccc(/C=C3/NC(=O)N(Cc4ccccc4F)C3=O)cc2)c1. The molecule has 0 atom stereocenters. The van der Waals surface area contributed by atoms with Crippen LogP contribution in [0.1, 0.15) is 22.3 Å². The Morgan fingerprint density at radius 2 is 1.77 bits per heavy atom. The Morgan fingerprint density at radius 1 is 1.00 bits per heavy atom. The van der Waals surface area contributed by atoms with Crippen molar-refractivity contribution in [1.29, 1.82) is 0 Å². The molecule has 1 aliphatic heterocycles. The molecule has 1 aliphatic rings. The zero-order valence-electron chi connectivity index (χ0n) is 17.0. The van der Waals surface area contributed by atoms with Crippen LogP contribution >= 0.6 is 0 Å². The Labute approximate surface area is 179 Å². The van der Waals surface area contributed by atoms with E-state index in [1.54, 1.807) is 48.5 Å². The largest absolute Gasteiger partial charge is 0.489 e. The van der Waals surface area contributed by atoms with Crippen molar-refractivity contribution >= 4 is 18.0 Å². The average Bonchev–Trinajstić information content (AvgIpc) is 3.02. The number of hydrogen-bond acceptors (Lipinski definition) is 3. The number of nitrogens with zero attached hydrogens (tertiary/aromatic N) is 1. The first kappa shape index (κ1) is 20.3. The number of carbonyl (C=O) groups is 2. The minimum Gasteiger partial charge on any atom is -0.489 e. The number of aryl methyl sites for hydroxylation is 1. The molecule has 3 amide bonds. The van der Waals surface area contributed by atoms with Gasteiger partial charge < -0.3 is 10.1 Å². The lowest BCUT2D eigenvalue weighted by Crippen LogP contribution is -2.30. The van der Waals surface area contributed by atoms with Gasteiger partial charge in [-0.15, -0.1) is 0 Å². The number of carbonyl (C=O) groups excluding carboxylic acids is 2. The zero-order valence-corrected chi connectivity index (χ0v) is 17.0. The fourth-order valence-electron chi connectivity index (χ4n) is 3.31. The molecular weight excluding hydrogens is 395 g/mol. The first-order valence-electron chi connectivity index (χ1n) is 9.86. The molecule has 0 unspecified atom stereocenters. The van der Waals surface area contributed by atoms with Crippen LogP contribution in [0.25, 0.3) is 6.08 Å². The molecule has 0 spiro atoms. The summed E-state index contributed by atoms with van der Waals surface area (Å²) in [6, 6.07) is 20.8. The number of rotatable bonds is 6. The van der Waals surface area contributed by atoms with Gasteiger partial charge in [0.05, 0.1) is 6.54 Å². The normalized spacial score (nSPS) is 14.8. The molecule has 0 aliphatic carbocycles. The maximum atomic E-state index is 13.9. The van der Waals surface area contributed by atoms with Crippen LogP contribution in [0, 0.1) is 12.7 Å². The maximum absolute atomic E-state index is 13.9. The van der Waals surface area contributed by atoms with Gasteiger partial charge in [0.15, 0.2) is 0 Å². The fraction of sp³-hybridized carbons (Fsp3) is 0.120. The molecule has 4 rings (SSSR count). The van der Waals surface area contributed by atoms with Crippen molar-refractivity contribution in [3.63, 3.8) is 0 Å². The van der Waals surface area contributed by atoms with Gasteiger partial charge in [-0.3, -0.25) is 9.69 Å². The van der Waals surface area contributed by atoms with Crippen LogP contribution in [-0.4, -0.2) is 16.8 Å². The summed E-state index contributed by atoms with van der Waals surface area (Å²) in [4.78, 5) is 25.8. The van der Waals surface area contributed by atoms with Crippen molar-refractivity contribution in [3.05, 3.63) is 107 Å². The second kappa shape index (κ2) is 8.83. The third-order valence-corrected chi connectivity index (χ3v) is 4.93.